The molecule has 0 aliphatic carbocycles. The number of fused-ring (bicyclic) bond motifs is 7. The minimum atomic E-state index is -2.25. The van der Waals surface area contributed by atoms with Crippen LogP contribution in [0.3, 0.4) is 0 Å². The molecular formula is C40H42N4Si. The first kappa shape index (κ1) is 29.2. The number of nitrogens with zero attached hydrogens (tertiary/aromatic N) is 2. The van der Waals surface area contributed by atoms with Gasteiger partial charge in [0.2, 0.25) is 0 Å². The zero-order chi connectivity index (χ0) is 31.6. The third-order valence-electron chi connectivity index (χ3n) is 10.0. The molecule has 2 N–H and O–H groups in total. The number of allylic oxidation sites excluding steroid dienone is 4. The fraction of sp³-hybridized carbons (Fsp3) is 0.250. The Hall–Kier alpha value is -4.48. The predicted molar refractivity (Wildman–Crippen MR) is 194 cm³/mol. The van der Waals surface area contributed by atoms with E-state index in [9.17, 15) is 0 Å². The van der Waals surface area contributed by atoms with E-state index in [0.29, 0.717) is 0 Å². The monoisotopic (exact) mass is 606 g/mol. The smallest absolute Gasteiger partial charge is 0.164 e. The van der Waals surface area contributed by atoms with Gasteiger partial charge in [-0.1, -0.05) is 49.2 Å². The van der Waals surface area contributed by atoms with Gasteiger partial charge >= 0.3 is 0 Å². The van der Waals surface area contributed by atoms with Crippen LogP contribution in [-0.2, 0) is 0 Å². The van der Waals surface area contributed by atoms with E-state index in [0.717, 1.165) is 57.4 Å². The number of H-pyrrole nitrogens is 2. The minimum absolute atomic E-state index is 1.03. The maximum absolute atomic E-state index is 5.52. The molecule has 0 saturated heterocycles. The van der Waals surface area contributed by atoms with Crippen molar-refractivity contribution in [1.29, 1.82) is 0 Å². The summed E-state index contributed by atoms with van der Waals surface area (Å²) in [5, 5.41) is 2.44. The van der Waals surface area contributed by atoms with E-state index in [1.54, 1.807) is 0 Å². The molecule has 3 aliphatic rings. The summed E-state index contributed by atoms with van der Waals surface area (Å²) in [6, 6.07) is 20.1. The molecule has 0 spiro atoms. The summed E-state index contributed by atoms with van der Waals surface area (Å²) < 4.78 is 0. The van der Waals surface area contributed by atoms with E-state index < -0.39 is 8.07 Å². The second-order valence-corrected chi connectivity index (χ2v) is 17.7. The zero-order valence-electron chi connectivity index (χ0n) is 27.7. The van der Waals surface area contributed by atoms with Crippen molar-refractivity contribution in [2.45, 2.75) is 67.5 Å². The maximum Gasteiger partial charge on any atom is 0.164 e. The van der Waals surface area contributed by atoms with Crippen LogP contribution in [0, 0.1) is 41.5 Å². The van der Waals surface area contributed by atoms with Gasteiger partial charge in [0.05, 0.1) is 22.8 Å². The average Bonchev–Trinajstić information content (AvgIpc) is 3.81. The quantitative estimate of drug-likeness (QED) is 0.217. The molecular weight excluding hydrogens is 565 g/mol. The Morgan fingerprint density at radius 3 is 1.22 bits per heavy atom. The van der Waals surface area contributed by atoms with Crippen molar-refractivity contribution in [2.75, 3.05) is 0 Å². The van der Waals surface area contributed by atoms with Crippen molar-refractivity contribution >= 4 is 29.9 Å². The minimum Gasteiger partial charge on any atom is -0.353 e. The summed E-state index contributed by atoms with van der Waals surface area (Å²) in [4.78, 5) is 18.7. The Labute approximate surface area is 268 Å². The van der Waals surface area contributed by atoms with Crippen LogP contribution in [0.5, 0.6) is 0 Å². The summed E-state index contributed by atoms with van der Waals surface area (Å²) >= 11 is 0. The lowest BCUT2D eigenvalue weighted by Crippen LogP contribution is -2.49. The van der Waals surface area contributed by atoms with Crippen molar-refractivity contribution in [3.8, 4) is 11.4 Å². The Morgan fingerprint density at radius 1 is 0.511 bits per heavy atom. The normalized spacial score (nSPS) is 19.9. The highest BCUT2D eigenvalue weighted by atomic mass is 28.3. The Balaban J connectivity index is 1.56. The van der Waals surface area contributed by atoms with Crippen LogP contribution >= 0.6 is 0 Å². The molecule has 226 valence electrons. The van der Waals surface area contributed by atoms with Gasteiger partial charge in [0.15, 0.2) is 8.07 Å². The third-order valence-corrected chi connectivity index (χ3v) is 15.0. The van der Waals surface area contributed by atoms with Gasteiger partial charge in [-0.3, -0.25) is 9.98 Å². The molecule has 0 saturated carbocycles. The fourth-order valence-electron chi connectivity index (χ4n) is 7.99. The molecule has 0 unspecified atom stereocenters. The number of aliphatic imine (C=N–C) groups is 2. The van der Waals surface area contributed by atoms with E-state index >= 15 is 0 Å². The van der Waals surface area contributed by atoms with Gasteiger partial charge in [-0.05, 0) is 136 Å². The lowest BCUT2D eigenvalue weighted by Gasteiger charge is -2.28. The van der Waals surface area contributed by atoms with Gasteiger partial charge in [-0.15, -0.1) is 0 Å². The van der Waals surface area contributed by atoms with Gasteiger partial charge in [0.1, 0.15) is 0 Å². The number of benzene rings is 2. The molecule has 3 aliphatic heterocycles. The standard InChI is InChI=1S/C40H42N4Si/c1-9-45(10-2)35-17-15-33(43-35)39(37-25(5)19-23(3)20-26(37)6)31-13-11-29(41-31)30-12-14-32(42-30)40(34-16-18-36(45)44-34)38-27(7)21-24(4)22-28(38)8/h11-22,41-42H,9-10H2,1-8H3/b39-33+,40-34+. The molecule has 2 aromatic carbocycles. The van der Waals surface area contributed by atoms with Gasteiger partial charge in [-0.25, -0.2) is 0 Å². The molecule has 4 aromatic rings. The van der Waals surface area contributed by atoms with E-state index in [-0.39, 0.29) is 0 Å². The summed E-state index contributed by atoms with van der Waals surface area (Å²) in [5.41, 5.74) is 18.8. The molecule has 2 aromatic heterocycles. The fourth-order valence-corrected chi connectivity index (χ4v) is 11.7. The van der Waals surface area contributed by atoms with Crippen molar-refractivity contribution in [2.24, 2.45) is 9.98 Å². The zero-order valence-corrected chi connectivity index (χ0v) is 28.7. The molecule has 45 heavy (non-hydrogen) atoms. The molecule has 0 fully saturated rings. The number of aromatic nitrogens is 2. The van der Waals surface area contributed by atoms with Crippen LogP contribution in [0.25, 0.3) is 22.5 Å². The molecule has 0 amide bonds. The second-order valence-electron chi connectivity index (χ2n) is 13.1. The number of aryl methyl sites for hydroxylation is 6. The third kappa shape index (κ3) is 4.64. The molecule has 0 radical (unpaired) electrons. The highest BCUT2D eigenvalue weighted by molar-refractivity contribution is 7.28. The topological polar surface area (TPSA) is 56.3 Å². The number of aromatic amines is 2. The number of nitrogens with one attached hydrogen (secondary N) is 2. The number of hydrogen-bond donors (Lipinski definition) is 2. The molecule has 0 atom stereocenters. The van der Waals surface area contributed by atoms with Crippen LogP contribution in [-0.4, -0.2) is 28.7 Å². The Bertz CT molecular complexity index is 1890. The lowest BCUT2D eigenvalue weighted by molar-refractivity contribution is 1.23. The first-order chi connectivity index (χ1) is 21.6. The van der Waals surface area contributed by atoms with E-state index in [1.165, 1.54) is 55.2 Å². The van der Waals surface area contributed by atoms with Gasteiger partial charge in [0, 0.05) is 33.2 Å². The highest BCUT2D eigenvalue weighted by Crippen LogP contribution is 2.40. The molecule has 5 heterocycles. The van der Waals surface area contributed by atoms with Crippen molar-refractivity contribution in [3.63, 3.8) is 0 Å². The number of hydrogen-bond acceptors (Lipinski definition) is 2. The average molecular weight is 607 g/mol. The molecule has 5 heteroatoms. The van der Waals surface area contributed by atoms with E-state index in [2.05, 4.69) is 138 Å². The van der Waals surface area contributed by atoms with Crippen LogP contribution in [0.15, 0.2) is 94.2 Å². The maximum atomic E-state index is 5.52. The summed E-state index contributed by atoms with van der Waals surface area (Å²) in [7, 11) is -2.25. The SMILES string of the molecule is CC[Si]1(CC)C2=N/C(=C(/c3c(C)cc(C)cc3C)c3ccc([nH]3)-c3ccc([nH]3)/C(c3c(C)cc(C)cc3C)=C3/C=CC1=N3)C=C2. The van der Waals surface area contributed by atoms with Gasteiger partial charge < -0.3 is 9.97 Å². The Kier molecular flexibility index (Phi) is 7.05. The van der Waals surface area contributed by atoms with Crippen LogP contribution in [0.2, 0.25) is 12.1 Å². The van der Waals surface area contributed by atoms with Crippen molar-refractivity contribution in [1.82, 2.24) is 9.97 Å². The van der Waals surface area contributed by atoms with Crippen LogP contribution in [0.1, 0.15) is 69.7 Å². The molecule has 8 bridgehead atoms. The van der Waals surface area contributed by atoms with E-state index in [1.807, 2.05) is 0 Å². The van der Waals surface area contributed by atoms with Gasteiger partial charge in [-0.2, -0.15) is 0 Å². The Morgan fingerprint density at radius 2 is 0.867 bits per heavy atom. The van der Waals surface area contributed by atoms with Crippen LogP contribution < -0.4 is 0 Å². The molecule has 4 nitrogen and oxygen atoms in total. The van der Waals surface area contributed by atoms with Crippen molar-refractivity contribution < 1.29 is 0 Å². The van der Waals surface area contributed by atoms with E-state index in [4.69, 9.17) is 9.98 Å². The summed E-state index contributed by atoms with van der Waals surface area (Å²) in [6.07, 6.45) is 9.09. The highest BCUT2D eigenvalue weighted by Gasteiger charge is 2.42. The summed E-state index contributed by atoms with van der Waals surface area (Å²) in [5.74, 6) is 0. The second kappa shape index (κ2) is 10.8. The number of rotatable bonds is 4. The van der Waals surface area contributed by atoms with Crippen LogP contribution in [0.4, 0.5) is 0 Å². The first-order valence-electron chi connectivity index (χ1n) is 16.2. The molecule has 7 rings (SSSR count). The lowest BCUT2D eigenvalue weighted by atomic mass is 9.90. The summed E-state index contributed by atoms with van der Waals surface area (Å²) in [6.45, 7) is 17.9. The van der Waals surface area contributed by atoms with Gasteiger partial charge in [0.25, 0.3) is 0 Å². The van der Waals surface area contributed by atoms with Crippen molar-refractivity contribution in [3.05, 3.63) is 140 Å². The largest absolute Gasteiger partial charge is 0.353 e. The first-order valence-corrected chi connectivity index (χ1v) is 18.6. The predicted octanol–water partition coefficient (Wildman–Crippen LogP) is 9.98.